The van der Waals surface area contributed by atoms with Gasteiger partial charge in [0.1, 0.15) is 0 Å². The third-order valence-electron chi connectivity index (χ3n) is 5.06. The molecule has 0 amide bonds. The fraction of sp³-hybridized carbons (Fsp3) is 0.650. The molecule has 1 saturated heterocycles. The molecule has 1 aromatic rings. The molecule has 1 aromatic carbocycles. The van der Waals surface area contributed by atoms with Crippen LogP contribution in [0.4, 0.5) is 0 Å². The molecule has 0 radical (unpaired) electrons. The van der Waals surface area contributed by atoms with E-state index in [-0.39, 0.29) is 12.4 Å². The molecular formula is C20H31NO3. The molecular weight excluding hydrogens is 302 g/mol. The highest BCUT2D eigenvalue weighted by Gasteiger charge is 2.22. The summed E-state index contributed by atoms with van der Waals surface area (Å²) in [5, 5.41) is 8.82. The summed E-state index contributed by atoms with van der Waals surface area (Å²) >= 11 is 0. The van der Waals surface area contributed by atoms with E-state index in [1.807, 2.05) is 6.92 Å². The van der Waals surface area contributed by atoms with E-state index >= 15 is 0 Å². The Morgan fingerprint density at radius 2 is 1.92 bits per heavy atom. The van der Waals surface area contributed by atoms with E-state index in [9.17, 15) is 4.79 Å². The summed E-state index contributed by atoms with van der Waals surface area (Å²) in [4.78, 5) is 14.4. The van der Waals surface area contributed by atoms with Gasteiger partial charge in [-0.25, -0.2) is 0 Å². The Morgan fingerprint density at radius 1 is 1.25 bits per heavy atom. The first kappa shape index (κ1) is 19.1. The van der Waals surface area contributed by atoms with Crippen LogP contribution in [-0.4, -0.2) is 48.2 Å². The molecule has 24 heavy (non-hydrogen) atoms. The molecule has 4 heteroatoms. The molecule has 0 atom stereocenters. The van der Waals surface area contributed by atoms with Crippen molar-refractivity contribution < 1.29 is 14.6 Å². The first-order chi connectivity index (χ1) is 11.4. The van der Waals surface area contributed by atoms with E-state index < -0.39 is 0 Å². The standard InChI is InChI=1S/C20H31NO3/c1-14-12-15(2)20(17(4)23)16(3)19(14)13-21-8-6-18(7-9-21)24-11-5-10-22/h12,18,22H,5-11,13H2,1-4H3. The third kappa shape index (κ3) is 4.65. The van der Waals surface area contributed by atoms with Gasteiger partial charge in [0, 0.05) is 38.4 Å². The number of carbonyl (C=O) groups excluding carboxylic acids is 1. The molecule has 1 N–H and O–H groups in total. The number of likely N-dealkylation sites (tertiary alicyclic amines) is 1. The number of hydrogen-bond acceptors (Lipinski definition) is 4. The zero-order chi connectivity index (χ0) is 17.7. The van der Waals surface area contributed by atoms with Crippen molar-refractivity contribution in [1.29, 1.82) is 0 Å². The molecule has 0 bridgehead atoms. The maximum atomic E-state index is 12.0. The predicted octanol–water partition coefficient (Wildman–Crippen LogP) is 3.18. The van der Waals surface area contributed by atoms with E-state index in [0.717, 1.165) is 55.6 Å². The second-order valence-corrected chi connectivity index (χ2v) is 6.97. The van der Waals surface area contributed by atoms with Gasteiger partial charge in [-0.05, 0) is 69.2 Å². The van der Waals surface area contributed by atoms with Crippen molar-refractivity contribution in [3.05, 3.63) is 33.9 Å². The molecule has 1 aliphatic heterocycles. The summed E-state index contributed by atoms with van der Waals surface area (Å²) < 4.78 is 5.80. The maximum absolute atomic E-state index is 12.0. The topological polar surface area (TPSA) is 49.8 Å². The number of piperidine rings is 1. The molecule has 1 heterocycles. The monoisotopic (exact) mass is 333 g/mol. The summed E-state index contributed by atoms with van der Waals surface area (Å²) in [6.07, 6.45) is 3.11. The van der Waals surface area contributed by atoms with Gasteiger partial charge in [-0.2, -0.15) is 0 Å². The van der Waals surface area contributed by atoms with Crippen molar-refractivity contribution in [3.63, 3.8) is 0 Å². The van der Waals surface area contributed by atoms with Crippen molar-refractivity contribution in [3.8, 4) is 0 Å². The second kappa shape index (κ2) is 8.75. The van der Waals surface area contributed by atoms with Gasteiger partial charge >= 0.3 is 0 Å². The number of rotatable bonds is 7. The second-order valence-electron chi connectivity index (χ2n) is 6.97. The minimum absolute atomic E-state index is 0.155. The van der Waals surface area contributed by atoms with Gasteiger partial charge in [0.15, 0.2) is 5.78 Å². The van der Waals surface area contributed by atoms with Crippen LogP contribution in [0, 0.1) is 20.8 Å². The number of benzene rings is 1. The zero-order valence-corrected chi connectivity index (χ0v) is 15.5. The number of ether oxygens (including phenoxy) is 1. The van der Waals surface area contributed by atoms with Crippen LogP contribution in [0.15, 0.2) is 6.07 Å². The molecule has 0 saturated carbocycles. The summed E-state index contributed by atoms with van der Waals surface area (Å²) in [6, 6.07) is 2.14. The molecule has 1 aliphatic rings. The van der Waals surface area contributed by atoms with Crippen LogP contribution in [0.2, 0.25) is 0 Å². The number of hydrogen-bond donors (Lipinski definition) is 1. The van der Waals surface area contributed by atoms with Crippen LogP contribution in [-0.2, 0) is 11.3 Å². The van der Waals surface area contributed by atoms with Crippen LogP contribution in [0.5, 0.6) is 0 Å². The summed E-state index contributed by atoms with van der Waals surface area (Å²) in [6.45, 7) is 11.7. The molecule has 0 aromatic heterocycles. The lowest BCUT2D eigenvalue weighted by Gasteiger charge is -2.33. The Kier molecular flexibility index (Phi) is 6.96. The highest BCUT2D eigenvalue weighted by Crippen LogP contribution is 2.25. The lowest BCUT2D eigenvalue weighted by molar-refractivity contribution is 0.000733. The fourth-order valence-corrected chi connectivity index (χ4v) is 3.78. The number of nitrogens with zero attached hydrogens (tertiary/aromatic N) is 1. The van der Waals surface area contributed by atoms with Crippen LogP contribution < -0.4 is 0 Å². The number of ketones is 1. The average molecular weight is 333 g/mol. The molecule has 1 fully saturated rings. The summed E-state index contributed by atoms with van der Waals surface area (Å²) in [5.74, 6) is 0.155. The molecule has 0 spiro atoms. The maximum Gasteiger partial charge on any atom is 0.160 e. The Hall–Kier alpha value is -1.23. The SMILES string of the molecule is CC(=O)c1c(C)cc(C)c(CN2CCC(OCCCO)CC2)c1C. The van der Waals surface area contributed by atoms with E-state index in [4.69, 9.17) is 9.84 Å². The quantitative estimate of drug-likeness (QED) is 0.615. The Morgan fingerprint density at radius 3 is 2.50 bits per heavy atom. The molecule has 134 valence electrons. The van der Waals surface area contributed by atoms with Gasteiger partial charge in [-0.15, -0.1) is 0 Å². The highest BCUT2D eigenvalue weighted by molar-refractivity contribution is 5.97. The summed E-state index contributed by atoms with van der Waals surface area (Å²) in [5.41, 5.74) is 5.68. The molecule has 2 rings (SSSR count). The van der Waals surface area contributed by atoms with Gasteiger partial charge in [-0.3, -0.25) is 9.69 Å². The molecule has 0 aliphatic carbocycles. The van der Waals surface area contributed by atoms with Crippen molar-refractivity contribution in [2.45, 2.75) is 59.6 Å². The third-order valence-corrected chi connectivity index (χ3v) is 5.06. The number of aliphatic hydroxyl groups excluding tert-OH is 1. The van der Waals surface area contributed by atoms with Crippen LogP contribution >= 0.6 is 0 Å². The number of aryl methyl sites for hydroxylation is 2. The molecule has 4 nitrogen and oxygen atoms in total. The summed E-state index contributed by atoms with van der Waals surface area (Å²) in [7, 11) is 0. The van der Waals surface area contributed by atoms with E-state index in [1.54, 1.807) is 6.92 Å². The predicted molar refractivity (Wildman–Crippen MR) is 96.6 cm³/mol. The lowest BCUT2D eigenvalue weighted by atomic mass is 9.91. The van der Waals surface area contributed by atoms with Gasteiger partial charge in [0.2, 0.25) is 0 Å². The largest absolute Gasteiger partial charge is 0.396 e. The number of Topliss-reactive ketones (excluding diaryl/α,β-unsaturated/α-hetero) is 1. The van der Waals surface area contributed by atoms with Crippen molar-refractivity contribution in [2.24, 2.45) is 0 Å². The van der Waals surface area contributed by atoms with Gasteiger partial charge in [-0.1, -0.05) is 6.07 Å². The van der Waals surface area contributed by atoms with Crippen LogP contribution in [0.25, 0.3) is 0 Å². The Labute approximate surface area is 145 Å². The molecule has 0 unspecified atom stereocenters. The number of aliphatic hydroxyl groups is 1. The Balaban J connectivity index is 2.00. The van der Waals surface area contributed by atoms with Crippen molar-refractivity contribution >= 4 is 5.78 Å². The Bertz CT molecular complexity index is 575. The smallest absolute Gasteiger partial charge is 0.160 e. The zero-order valence-electron chi connectivity index (χ0n) is 15.5. The van der Waals surface area contributed by atoms with Crippen LogP contribution in [0.3, 0.4) is 0 Å². The first-order valence-electron chi connectivity index (χ1n) is 8.99. The number of carbonyl (C=O) groups is 1. The van der Waals surface area contributed by atoms with E-state index in [2.05, 4.69) is 24.8 Å². The van der Waals surface area contributed by atoms with Gasteiger partial charge in [0.25, 0.3) is 0 Å². The van der Waals surface area contributed by atoms with Gasteiger partial charge in [0.05, 0.1) is 6.10 Å². The highest BCUT2D eigenvalue weighted by atomic mass is 16.5. The first-order valence-corrected chi connectivity index (χ1v) is 8.99. The van der Waals surface area contributed by atoms with Crippen molar-refractivity contribution in [2.75, 3.05) is 26.3 Å². The minimum Gasteiger partial charge on any atom is -0.396 e. The van der Waals surface area contributed by atoms with Crippen LogP contribution in [0.1, 0.15) is 58.8 Å². The van der Waals surface area contributed by atoms with Gasteiger partial charge < -0.3 is 9.84 Å². The minimum atomic E-state index is 0.155. The lowest BCUT2D eigenvalue weighted by Crippen LogP contribution is -2.37. The average Bonchev–Trinajstić information content (AvgIpc) is 2.52. The van der Waals surface area contributed by atoms with E-state index in [1.165, 1.54) is 11.1 Å². The van der Waals surface area contributed by atoms with Crippen molar-refractivity contribution in [1.82, 2.24) is 4.90 Å². The fourth-order valence-electron chi connectivity index (χ4n) is 3.78. The van der Waals surface area contributed by atoms with E-state index in [0.29, 0.717) is 12.7 Å². The normalized spacial score (nSPS) is 16.5.